The van der Waals surface area contributed by atoms with Gasteiger partial charge in [0.05, 0.1) is 12.2 Å². The lowest BCUT2D eigenvalue weighted by Crippen LogP contribution is -2.34. The molecule has 2 amide bonds. The van der Waals surface area contributed by atoms with Crippen molar-refractivity contribution in [2.45, 2.75) is 19.4 Å². The number of carbonyl (C=O) groups is 1. The number of carbonyl (C=O) groups excluding carboxylic acids is 1. The van der Waals surface area contributed by atoms with Gasteiger partial charge in [0.2, 0.25) is 0 Å². The first-order valence-corrected chi connectivity index (χ1v) is 5.69. The molecular formula is C12H15N5O. The van der Waals surface area contributed by atoms with Gasteiger partial charge in [-0.25, -0.2) is 4.79 Å². The normalized spacial score (nSPS) is 18.9. The fourth-order valence-electron chi connectivity index (χ4n) is 2.15. The molecule has 6 heteroatoms. The van der Waals surface area contributed by atoms with Crippen molar-refractivity contribution in [2.24, 2.45) is 17.8 Å². The van der Waals surface area contributed by atoms with Gasteiger partial charge < -0.3 is 5.73 Å². The lowest BCUT2D eigenvalue weighted by Gasteiger charge is -2.21. The van der Waals surface area contributed by atoms with E-state index in [0.29, 0.717) is 0 Å². The van der Waals surface area contributed by atoms with Gasteiger partial charge in [-0.05, 0) is 6.42 Å². The summed E-state index contributed by atoms with van der Waals surface area (Å²) in [6.45, 7) is 2.19. The number of aliphatic imine (C=N–C) groups is 1. The quantitative estimate of drug-likeness (QED) is 0.785. The molecule has 1 aliphatic heterocycles. The summed E-state index contributed by atoms with van der Waals surface area (Å²) in [4.78, 5) is 17.0. The highest BCUT2D eigenvalue weighted by molar-refractivity contribution is 6.03. The maximum Gasteiger partial charge on any atom is 0.346 e. The van der Waals surface area contributed by atoms with E-state index in [1.165, 1.54) is 4.90 Å². The van der Waals surface area contributed by atoms with Gasteiger partial charge in [0.25, 0.3) is 0 Å². The molecule has 1 aliphatic rings. The van der Waals surface area contributed by atoms with Crippen LogP contribution < -0.4 is 5.73 Å². The van der Waals surface area contributed by atoms with E-state index in [1.807, 2.05) is 20.2 Å². The molecule has 0 saturated heterocycles. The van der Waals surface area contributed by atoms with E-state index >= 15 is 0 Å². The molecule has 0 aromatic carbocycles. The first-order chi connectivity index (χ1) is 8.58. The molecule has 0 aliphatic carbocycles. The second-order valence-corrected chi connectivity index (χ2v) is 4.11. The van der Waals surface area contributed by atoms with Gasteiger partial charge >= 0.3 is 6.03 Å². The molecule has 0 saturated carbocycles. The van der Waals surface area contributed by atoms with E-state index in [1.54, 1.807) is 4.68 Å². The lowest BCUT2D eigenvalue weighted by atomic mass is 10.0. The van der Waals surface area contributed by atoms with E-state index < -0.39 is 6.04 Å². The predicted molar refractivity (Wildman–Crippen MR) is 67.9 cm³/mol. The van der Waals surface area contributed by atoms with Crippen LogP contribution >= 0.6 is 0 Å². The fourth-order valence-corrected chi connectivity index (χ4v) is 2.15. The molecule has 2 heterocycles. The maximum absolute atomic E-state index is 11.7. The number of aryl methyl sites for hydroxylation is 2. The molecule has 1 aromatic heterocycles. The molecule has 1 aromatic rings. The largest absolute Gasteiger partial charge is 0.385 e. The van der Waals surface area contributed by atoms with Crippen molar-refractivity contribution in [3.63, 3.8) is 0 Å². The van der Waals surface area contributed by atoms with Crippen LogP contribution in [0.25, 0.3) is 0 Å². The zero-order valence-electron chi connectivity index (χ0n) is 10.4. The Hall–Kier alpha value is -2.29. The van der Waals surface area contributed by atoms with Gasteiger partial charge in [-0.2, -0.15) is 10.1 Å². The monoisotopic (exact) mass is 245 g/mol. The predicted octanol–water partition coefficient (Wildman–Crippen LogP) is 0.450. The lowest BCUT2D eigenvalue weighted by molar-refractivity contribution is 0.213. The minimum absolute atomic E-state index is 0.186. The van der Waals surface area contributed by atoms with E-state index in [0.717, 1.165) is 17.7 Å². The SMILES string of the molecule is C#CCN1C(=O)N=C(N)C1c1cn(C)nc1CC. The van der Waals surface area contributed by atoms with Crippen molar-refractivity contribution in [1.29, 1.82) is 0 Å². The minimum atomic E-state index is -0.391. The van der Waals surface area contributed by atoms with E-state index in [9.17, 15) is 4.79 Å². The topological polar surface area (TPSA) is 76.5 Å². The minimum Gasteiger partial charge on any atom is -0.385 e. The van der Waals surface area contributed by atoms with Crippen molar-refractivity contribution in [1.82, 2.24) is 14.7 Å². The summed E-state index contributed by atoms with van der Waals surface area (Å²) >= 11 is 0. The molecule has 18 heavy (non-hydrogen) atoms. The number of nitrogens with zero attached hydrogens (tertiary/aromatic N) is 4. The third-order valence-corrected chi connectivity index (χ3v) is 2.89. The van der Waals surface area contributed by atoms with E-state index in [-0.39, 0.29) is 18.4 Å². The molecule has 0 spiro atoms. The number of urea groups is 1. The molecule has 2 rings (SSSR count). The summed E-state index contributed by atoms with van der Waals surface area (Å²) < 4.78 is 1.71. The van der Waals surface area contributed by atoms with Gasteiger partial charge in [-0.1, -0.05) is 12.8 Å². The Labute approximate surface area is 105 Å². The molecule has 94 valence electrons. The fraction of sp³-hybridized carbons (Fsp3) is 0.417. The van der Waals surface area contributed by atoms with Crippen LogP contribution in [0.2, 0.25) is 0 Å². The highest BCUT2D eigenvalue weighted by Gasteiger charge is 2.36. The molecule has 2 N–H and O–H groups in total. The first kappa shape index (κ1) is 12.2. The van der Waals surface area contributed by atoms with Crippen molar-refractivity contribution in [3.05, 3.63) is 17.5 Å². The van der Waals surface area contributed by atoms with Crippen molar-refractivity contribution >= 4 is 11.9 Å². The summed E-state index contributed by atoms with van der Waals surface area (Å²) in [5.74, 6) is 2.73. The average molecular weight is 245 g/mol. The first-order valence-electron chi connectivity index (χ1n) is 5.69. The second-order valence-electron chi connectivity index (χ2n) is 4.11. The Morgan fingerprint density at radius 3 is 2.94 bits per heavy atom. The summed E-state index contributed by atoms with van der Waals surface area (Å²) in [6, 6.07) is -0.779. The van der Waals surface area contributed by atoms with Crippen LogP contribution in [0, 0.1) is 12.3 Å². The smallest absolute Gasteiger partial charge is 0.346 e. The zero-order valence-corrected chi connectivity index (χ0v) is 10.4. The Kier molecular flexibility index (Phi) is 3.06. The summed E-state index contributed by atoms with van der Waals surface area (Å²) in [7, 11) is 1.83. The van der Waals surface area contributed by atoms with Gasteiger partial charge in [0.1, 0.15) is 11.9 Å². The molecular weight excluding hydrogens is 230 g/mol. The number of hydrogen-bond donors (Lipinski definition) is 1. The van der Waals surface area contributed by atoms with Crippen LogP contribution in [0.1, 0.15) is 24.2 Å². The zero-order chi connectivity index (χ0) is 13.3. The Balaban J connectivity index is 2.44. The van der Waals surface area contributed by atoms with Gasteiger partial charge in [0.15, 0.2) is 0 Å². The molecule has 0 radical (unpaired) electrons. The summed E-state index contributed by atoms with van der Waals surface area (Å²) in [6.07, 6.45) is 7.89. The van der Waals surface area contributed by atoms with Gasteiger partial charge in [-0.15, -0.1) is 6.42 Å². The van der Waals surface area contributed by atoms with E-state index in [4.69, 9.17) is 12.2 Å². The van der Waals surface area contributed by atoms with Crippen molar-refractivity contribution in [2.75, 3.05) is 6.54 Å². The number of hydrogen-bond acceptors (Lipinski definition) is 3. The highest BCUT2D eigenvalue weighted by atomic mass is 16.2. The molecule has 0 bridgehead atoms. The number of terminal acetylenes is 1. The summed E-state index contributed by atoms with van der Waals surface area (Å²) in [5, 5.41) is 4.34. The number of amidine groups is 1. The maximum atomic E-state index is 11.7. The highest BCUT2D eigenvalue weighted by Crippen LogP contribution is 2.28. The average Bonchev–Trinajstić information content (AvgIpc) is 2.81. The second kappa shape index (κ2) is 4.53. The molecule has 6 nitrogen and oxygen atoms in total. The Morgan fingerprint density at radius 2 is 2.33 bits per heavy atom. The van der Waals surface area contributed by atoms with E-state index in [2.05, 4.69) is 16.0 Å². The van der Waals surface area contributed by atoms with Crippen LogP contribution in [0.15, 0.2) is 11.2 Å². The summed E-state index contributed by atoms with van der Waals surface area (Å²) in [5.41, 5.74) is 7.63. The number of amides is 2. The number of nitrogens with two attached hydrogens (primary N) is 1. The van der Waals surface area contributed by atoms with Crippen LogP contribution in [0.5, 0.6) is 0 Å². The Bertz CT molecular complexity index is 551. The molecule has 0 fully saturated rings. The van der Waals surface area contributed by atoms with Crippen molar-refractivity contribution < 1.29 is 4.79 Å². The van der Waals surface area contributed by atoms with Gasteiger partial charge in [0, 0.05) is 18.8 Å². The number of rotatable bonds is 3. The Morgan fingerprint density at radius 1 is 1.61 bits per heavy atom. The molecule has 1 atom stereocenters. The third-order valence-electron chi connectivity index (χ3n) is 2.89. The molecule has 1 unspecified atom stereocenters. The van der Waals surface area contributed by atoms with Crippen LogP contribution in [0.3, 0.4) is 0 Å². The number of aromatic nitrogens is 2. The van der Waals surface area contributed by atoms with Crippen LogP contribution in [-0.2, 0) is 13.5 Å². The van der Waals surface area contributed by atoms with Crippen LogP contribution in [0.4, 0.5) is 4.79 Å². The van der Waals surface area contributed by atoms with Crippen LogP contribution in [-0.4, -0.2) is 33.1 Å². The van der Waals surface area contributed by atoms with Crippen molar-refractivity contribution in [3.8, 4) is 12.3 Å². The standard InChI is InChI=1S/C12H15N5O/c1-4-6-17-10(11(13)14-12(17)18)8-7-16(3)15-9(8)5-2/h1,7,10H,5-6H2,2-3H3,(H2,13,14,18). The third kappa shape index (κ3) is 1.84. The van der Waals surface area contributed by atoms with Gasteiger partial charge in [-0.3, -0.25) is 9.58 Å².